The molecule has 2 aliphatic carbocycles. The van der Waals surface area contributed by atoms with Crippen LogP contribution in [0.5, 0.6) is 0 Å². The summed E-state index contributed by atoms with van der Waals surface area (Å²) in [7, 11) is -3.56. The van der Waals surface area contributed by atoms with E-state index < -0.39 is 15.5 Å². The Bertz CT molecular complexity index is 594. The molecular weight excluding hydrogens is 320 g/mol. The van der Waals surface area contributed by atoms with Crippen LogP contribution < -0.4 is 0 Å². The Balaban J connectivity index is 2.30. The van der Waals surface area contributed by atoms with Gasteiger partial charge in [0.25, 0.3) is 10.1 Å². The Kier molecular flexibility index (Phi) is 4.93. The Morgan fingerprint density at radius 2 is 1.96 bits per heavy atom. The van der Waals surface area contributed by atoms with E-state index in [1.54, 1.807) is 0 Å². The van der Waals surface area contributed by atoms with Crippen molar-refractivity contribution in [2.45, 2.75) is 59.0 Å². The van der Waals surface area contributed by atoms with E-state index in [1.807, 2.05) is 13.8 Å². The first-order chi connectivity index (χ1) is 10.5. The third kappa shape index (κ3) is 3.94. The van der Waals surface area contributed by atoms with Crippen molar-refractivity contribution >= 4 is 21.9 Å². The van der Waals surface area contributed by atoms with Crippen LogP contribution in [0.3, 0.4) is 0 Å². The smallest absolute Gasteiger partial charge is 0.302 e. The largest absolute Gasteiger partial charge is 0.462 e. The molecule has 0 bridgehead atoms. The van der Waals surface area contributed by atoms with E-state index in [9.17, 15) is 18.0 Å². The minimum atomic E-state index is -3.56. The fourth-order valence-electron chi connectivity index (χ4n) is 4.51. The van der Waals surface area contributed by atoms with E-state index in [4.69, 9.17) is 8.92 Å². The number of ketones is 1. The average Bonchev–Trinajstić information content (AvgIpc) is 2.39. The highest BCUT2D eigenvalue weighted by Crippen LogP contribution is 2.58. The molecule has 132 valence electrons. The number of carbonyl (C=O) groups is 2. The van der Waals surface area contributed by atoms with Gasteiger partial charge in [-0.1, -0.05) is 13.8 Å². The second-order valence-electron chi connectivity index (χ2n) is 7.59. The van der Waals surface area contributed by atoms with Gasteiger partial charge in [0.05, 0.1) is 12.9 Å². The maximum atomic E-state index is 12.0. The zero-order valence-electron chi connectivity index (χ0n) is 14.3. The lowest BCUT2D eigenvalue weighted by Gasteiger charge is -2.56. The second kappa shape index (κ2) is 6.16. The quantitative estimate of drug-likeness (QED) is 0.572. The van der Waals surface area contributed by atoms with Gasteiger partial charge in [0.15, 0.2) is 0 Å². The summed E-state index contributed by atoms with van der Waals surface area (Å²) in [4.78, 5) is 23.4. The van der Waals surface area contributed by atoms with E-state index in [-0.39, 0.29) is 35.8 Å². The van der Waals surface area contributed by atoms with Crippen LogP contribution in [-0.2, 0) is 28.6 Å². The van der Waals surface area contributed by atoms with E-state index in [1.165, 1.54) is 6.92 Å². The lowest BCUT2D eigenvalue weighted by Crippen LogP contribution is -2.56. The summed E-state index contributed by atoms with van der Waals surface area (Å²) in [6, 6.07) is 0. The van der Waals surface area contributed by atoms with Crippen LogP contribution in [0.15, 0.2) is 0 Å². The predicted molar refractivity (Wildman–Crippen MR) is 84.1 cm³/mol. The van der Waals surface area contributed by atoms with Crippen LogP contribution in [0, 0.1) is 16.7 Å². The predicted octanol–water partition coefficient (Wildman–Crippen LogP) is 2.07. The van der Waals surface area contributed by atoms with Gasteiger partial charge in [-0.15, -0.1) is 0 Å². The number of fused-ring (bicyclic) bond motifs is 1. The third-order valence-electron chi connectivity index (χ3n) is 5.50. The van der Waals surface area contributed by atoms with Crippen molar-refractivity contribution in [1.82, 2.24) is 0 Å². The number of rotatable bonds is 4. The van der Waals surface area contributed by atoms with E-state index in [0.717, 1.165) is 6.26 Å². The van der Waals surface area contributed by atoms with Gasteiger partial charge < -0.3 is 4.74 Å². The molecule has 0 amide bonds. The van der Waals surface area contributed by atoms with Crippen LogP contribution in [0.25, 0.3) is 0 Å². The van der Waals surface area contributed by atoms with Crippen LogP contribution in [-0.4, -0.2) is 39.1 Å². The highest BCUT2D eigenvalue weighted by molar-refractivity contribution is 7.85. The SMILES string of the molecule is CC(=O)O[C@H]1CC[C@]2(COS(C)(=O)=O)CC(=O)CC[C@H]2C1(C)C. The zero-order chi connectivity index (χ0) is 17.5. The van der Waals surface area contributed by atoms with Gasteiger partial charge in [0.1, 0.15) is 11.9 Å². The number of Topliss-reactive ketones (excluding diaryl/α,β-unsaturated/α-hetero) is 1. The van der Waals surface area contributed by atoms with E-state index in [2.05, 4.69) is 0 Å². The van der Waals surface area contributed by atoms with Gasteiger partial charge in [-0.05, 0) is 25.2 Å². The minimum absolute atomic E-state index is 0.0263. The van der Waals surface area contributed by atoms with Gasteiger partial charge in [-0.25, -0.2) is 0 Å². The Hall–Kier alpha value is -0.950. The Morgan fingerprint density at radius 1 is 1.30 bits per heavy atom. The molecule has 0 saturated heterocycles. The van der Waals surface area contributed by atoms with Gasteiger partial charge in [0.2, 0.25) is 0 Å². The summed E-state index contributed by atoms with van der Waals surface area (Å²) in [5.74, 6) is -0.0810. The molecule has 0 heterocycles. The van der Waals surface area contributed by atoms with Crippen molar-refractivity contribution in [3.63, 3.8) is 0 Å². The minimum Gasteiger partial charge on any atom is -0.462 e. The fourth-order valence-corrected chi connectivity index (χ4v) is 4.96. The number of ether oxygens (including phenoxy) is 1. The molecule has 0 radical (unpaired) electrons. The maximum Gasteiger partial charge on any atom is 0.302 e. The second-order valence-corrected chi connectivity index (χ2v) is 9.24. The standard InChI is InChI=1S/C16H26O6S/c1-11(17)22-14-7-8-16(10-21-23(4,19)20)9-12(18)5-6-13(16)15(14,2)3/h13-14H,5-10H2,1-4H3/t13-,14-,16+/m0/s1. The number of carbonyl (C=O) groups excluding carboxylic acids is 2. The molecule has 23 heavy (non-hydrogen) atoms. The molecule has 6 nitrogen and oxygen atoms in total. The molecule has 2 aliphatic rings. The average molecular weight is 346 g/mol. The number of hydrogen-bond donors (Lipinski definition) is 0. The summed E-state index contributed by atoms with van der Waals surface area (Å²) >= 11 is 0. The highest BCUT2D eigenvalue weighted by Gasteiger charge is 2.57. The van der Waals surface area contributed by atoms with Crippen LogP contribution in [0.4, 0.5) is 0 Å². The molecule has 0 aliphatic heterocycles. The Morgan fingerprint density at radius 3 is 2.52 bits per heavy atom. The molecule has 0 spiro atoms. The summed E-state index contributed by atoms with van der Waals surface area (Å²) in [6.45, 7) is 5.50. The van der Waals surface area contributed by atoms with Crippen molar-refractivity contribution in [3.8, 4) is 0 Å². The van der Waals surface area contributed by atoms with E-state index >= 15 is 0 Å². The normalized spacial score (nSPS) is 33.8. The molecule has 2 saturated carbocycles. The number of hydrogen-bond acceptors (Lipinski definition) is 6. The molecular formula is C16H26O6S. The summed E-state index contributed by atoms with van der Waals surface area (Å²) in [5, 5.41) is 0. The van der Waals surface area contributed by atoms with Gasteiger partial charge >= 0.3 is 5.97 Å². The van der Waals surface area contributed by atoms with Crippen LogP contribution in [0.1, 0.15) is 52.9 Å². The first-order valence-electron chi connectivity index (χ1n) is 8.00. The van der Waals surface area contributed by atoms with Crippen LogP contribution in [0.2, 0.25) is 0 Å². The van der Waals surface area contributed by atoms with Crippen molar-refractivity contribution in [2.24, 2.45) is 16.7 Å². The fraction of sp³-hybridized carbons (Fsp3) is 0.875. The maximum absolute atomic E-state index is 12.0. The van der Waals surface area contributed by atoms with Crippen molar-refractivity contribution < 1.29 is 26.9 Å². The molecule has 2 fully saturated rings. The first kappa shape index (κ1) is 18.4. The molecule has 0 N–H and O–H groups in total. The first-order valence-corrected chi connectivity index (χ1v) is 9.81. The van der Waals surface area contributed by atoms with Gasteiger partial charge in [-0.3, -0.25) is 13.8 Å². The van der Waals surface area contributed by atoms with Crippen molar-refractivity contribution in [1.29, 1.82) is 0 Å². The van der Waals surface area contributed by atoms with Crippen molar-refractivity contribution in [2.75, 3.05) is 12.9 Å². The molecule has 0 aromatic heterocycles. The van der Waals surface area contributed by atoms with Crippen molar-refractivity contribution in [3.05, 3.63) is 0 Å². The third-order valence-corrected chi connectivity index (χ3v) is 6.05. The summed E-state index contributed by atoms with van der Waals surface area (Å²) in [6.07, 6.45) is 3.55. The van der Waals surface area contributed by atoms with Crippen LogP contribution >= 0.6 is 0 Å². The lowest BCUT2D eigenvalue weighted by molar-refractivity contribution is -0.178. The summed E-state index contributed by atoms with van der Waals surface area (Å²) in [5.41, 5.74) is -0.815. The molecule has 0 unspecified atom stereocenters. The molecule has 2 rings (SSSR count). The lowest BCUT2D eigenvalue weighted by atomic mass is 9.50. The number of esters is 1. The highest BCUT2D eigenvalue weighted by atomic mass is 32.2. The zero-order valence-corrected chi connectivity index (χ0v) is 15.1. The topological polar surface area (TPSA) is 86.7 Å². The molecule has 0 aromatic carbocycles. The summed E-state index contributed by atoms with van der Waals surface area (Å²) < 4.78 is 33.4. The van der Waals surface area contributed by atoms with Gasteiger partial charge in [0, 0.05) is 30.6 Å². The molecule has 7 heteroatoms. The monoisotopic (exact) mass is 346 g/mol. The molecule has 0 aromatic rings. The van der Waals surface area contributed by atoms with E-state index in [0.29, 0.717) is 32.1 Å². The molecule has 3 atom stereocenters. The van der Waals surface area contributed by atoms with Gasteiger partial charge in [-0.2, -0.15) is 8.42 Å². The Labute approximate surface area is 138 Å².